The third kappa shape index (κ3) is 9.24. The molecule has 6 nitrogen and oxygen atoms in total. The van der Waals surface area contributed by atoms with Crippen LogP contribution in [0.5, 0.6) is 0 Å². The standard InChI is InChI=1S/3C3H6O2S.CH3.Sn/c3*4-3(5)1-2-6;;/h3*6H,1-2H2,(H,4,5);1H3;/q;;;;+3/p-3. The zero-order chi connectivity index (χ0) is 15.6. The Labute approximate surface area is 140 Å². The van der Waals surface area contributed by atoms with Gasteiger partial charge in [0.2, 0.25) is 0 Å². The van der Waals surface area contributed by atoms with Gasteiger partial charge >= 0.3 is 140 Å². The van der Waals surface area contributed by atoms with Gasteiger partial charge in [0.1, 0.15) is 0 Å². The molecule has 0 amide bonds. The summed E-state index contributed by atoms with van der Waals surface area (Å²) in [6.45, 7) is 0. The van der Waals surface area contributed by atoms with Crippen LogP contribution in [0.15, 0.2) is 0 Å². The van der Waals surface area contributed by atoms with Crippen molar-refractivity contribution in [1.82, 2.24) is 0 Å². The van der Waals surface area contributed by atoms with Gasteiger partial charge < -0.3 is 0 Å². The van der Waals surface area contributed by atoms with E-state index in [0.717, 1.165) is 0 Å². The molecule has 10 heteroatoms. The fourth-order valence-corrected chi connectivity index (χ4v) is 6.43. The van der Waals surface area contributed by atoms with Gasteiger partial charge in [0, 0.05) is 0 Å². The molecule has 0 unspecified atom stereocenters. The van der Waals surface area contributed by atoms with E-state index < -0.39 is 37.5 Å². The quantitative estimate of drug-likeness (QED) is 0.362. The average molecular weight is 449 g/mol. The maximum atomic E-state index is 11.5. The molecule has 0 spiro atoms. The molecule has 0 atom stereocenters. The maximum absolute atomic E-state index is 11.5. The minimum absolute atomic E-state index is 0.0455. The average Bonchev–Trinajstić information content (AvgIpc) is 2.28. The molecule has 0 aromatic carbocycles. The first-order valence-corrected chi connectivity index (χ1v) is 14.1. The van der Waals surface area contributed by atoms with Crippen LogP contribution in [0.25, 0.3) is 0 Å². The first kappa shape index (κ1) is 20.3. The molecule has 0 aliphatic rings. The van der Waals surface area contributed by atoms with Gasteiger partial charge in [-0.15, -0.1) is 0 Å². The zero-order valence-electron chi connectivity index (χ0n) is 11.0. The molecule has 0 saturated carbocycles. The monoisotopic (exact) mass is 450 g/mol. The number of rotatable bonds is 9. The molecule has 0 aromatic heterocycles. The van der Waals surface area contributed by atoms with E-state index in [4.69, 9.17) is 9.22 Å². The van der Waals surface area contributed by atoms with E-state index in [1.54, 1.807) is 0 Å². The van der Waals surface area contributed by atoms with E-state index in [9.17, 15) is 14.4 Å². The molecule has 0 rings (SSSR count). The predicted octanol–water partition coefficient (Wildman–Crippen LogP) is 1.14. The summed E-state index contributed by atoms with van der Waals surface area (Å²) in [4.78, 5) is 35.9. The molecule has 0 heterocycles. The van der Waals surface area contributed by atoms with Crippen LogP contribution in [-0.4, -0.2) is 54.8 Å². The molecule has 116 valence electrons. The Kier molecular flexibility index (Phi) is 11.1. The molecular weight excluding hydrogens is 431 g/mol. The van der Waals surface area contributed by atoms with Gasteiger partial charge in [-0.25, -0.2) is 0 Å². The molecule has 0 aromatic rings. The van der Waals surface area contributed by atoms with Crippen molar-refractivity contribution in [1.29, 1.82) is 0 Å². The number of carbonyl (C=O) groups excluding carboxylic acids is 3. The first-order valence-electron chi connectivity index (χ1n) is 5.85. The Bertz CT molecular complexity index is 302. The van der Waals surface area contributed by atoms with Gasteiger partial charge in [0.25, 0.3) is 0 Å². The molecule has 0 saturated heterocycles. The molecule has 20 heavy (non-hydrogen) atoms. The number of carbonyl (C=O) groups is 3. The predicted molar refractivity (Wildman–Crippen MR) is 85.3 cm³/mol. The third-order valence-corrected chi connectivity index (χ3v) is 7.64. The topological polar surface area (TPSA) is 78.9 Å². The van der Waals surface area contributed by atoms with Crippen molar-refractivity contribution < 1.29 is 23.6 Å². The van der Waals surface area contributed by atoms with Gasteiger partial charge in [-0.3, -0.25) is 0 Å². The molecular formula is C10H18O6S3Sn. The molecule has 0 radical (unpaired) electrons. The second-order valence-corrected chi connectivity index (χ2v) is 11.7. The van der Waals surface area contributed by atoms with E-state index in [1.165, 1.54) is 4.94 Å². The van der Waals surface area contributed by atoms with Crippen LogP contribution in [0.4, 0.5) is 0 Å². The van der Waals surface area contributed by atoms with Crippen molar-refractivity contribution in [3.05, 3.63) is 0 Å². The summed E-state index contributed by atoms with van der Waals surface area (Å²) in [5.41, 5.74) is 0. The second-order valence-electron chi connectivity index (χ2n) is 3.71. The van der Waals surface area contributed by atoms with Crippen molar-refractivity contribution in [2.75, 3.05) is 17.3 Å². The number of thiol groups is 3. The van der Waals surface area contributed by atoms with Crippen LogP contribution < -0.4 is 0 Å². The van der Waals surface area contributed by atoms with Crippen LogP contribution in [-0.2, 0) is 23.6 Å². The Morgan fingerprint density at radius 3 is 1.20 bits per heavy atom. The van der Waals surface area contributed by atoms with Crippen LogP contribution in [0, 0.1) is 0 Å². The molecule has 0 aliphatic carbocycles. The van der Waals surface area contributed by atoms with Crippen molar-refractivity contribution in [3.8, 4) is 0 Å². The van der Waals surface area contributed by atoms with Crippen LogP contribution in [0.1, 0.15) is 19.3 Å². The van der Waals surface area contributed by atoms with Crippen molar-refractivity contribution >= 4 is 75.4 Å². The fourth-order valence-electron chi connectivity index (χ4n) is 1.11. The molecule has 0 aliphatic heterocycles. The van der Waals surface area contributed by atoms with Crippen LogP contribution >= 0.6 is 37.9 Å². The van der Waals surface area contributed by atoms with Gasteiger partial charge in [0.15, 0.2) is 0 Å². The van der Waals surface area contributed by atoms with E-state index in [2.05, 4.69) is 37.9 Å². The van der Waals surface area contributed by atoms with E-state index in [-0.39, 0.29) is 36.5 Å². The van der Waals surface area contributed by atoms with Gasteiger partial charge in [-0.2, -0.15) is 0 Å². The normalized spacial score (nSPS) is 10.8. The van der Waals surface area contributed by atoms with E-state index in [0.29, 0.717) is 0 Å². The van der Waals surface area contributed by atoms with Gasteiger partial charge in [-0.05, 0) is 0 Å². The Morgan fingerprint density at radius 2 is 1.00 bits per heavy atom. The summed E-state index contributed by atoms with van der Waals surface area (Å²) in [7, 11) is 0. The Hall–Kier alpha value is 0.259. The number of hydrogen-bond acceptors (Lipinski definition) is 9. The SMILES string of the molecule is [CH3][Sn]([O]C(=O)CCS)([O]C(=O)CCS)[O]C(=O)CCS. The summed E-state index contributed by atoms with van der Waals surface area (Å²) in [6.07, 6.45) is 0.136. The Morgan fingerprint density at radius 1 is 0.750 bits per heavy atom. The summed E-state index contributed by atoms with van der Waals surface area (Å²) in [6, 6.07) is 0. The molecule has 0 bridgehead atoms. The number of hydrogen-bond donors (Lipinski definition) is 3. The molecule has 0 N–H and O–H groups in total. The minimum atomic E-state index is -4.53. The van der Waals surface area contributed by atoms with Crippen molar-refractivity contribution in [2.24, 2.45) is 0 Å². The zero-order valence-corrected chi connectivity index (χ0v) is 16.6. The summed E-state index contributed by atoms with van der Waals surface area (Å²) < 4.78 is 15.3. The second kappa shape index (κ2) is 10.9. The van der Waals surface area contributed by atoms with Crippen LogP contribution in [0.3, 0.4) is 0 Å². The fraction of sp³-hybridized carbons (Fsp3) is 0.700. The van der Waals surface area contributed by atoms with Gasteiger partial charge in [0.05, 0.1) is 0 Å². The summed E-state index contributed by atoms with van der Waals surface area (Å²) in [5.74, 6) is -0.941. The van der Waals surface area contributed by atoms with Crippen molar-refractivity contribution in [2.45, 2.75) is 24.2 Å². The first-order chi connectivity index (χ1) is 9.36. The third-order valence-electron chi connectivity index (χ3n) is 1.85. The van der Waals surface area contributed by atoms with E-state index in [1.807, 2.05) is 0 Å². The van der Waals surface area contributed by atoms with Crippen molar-refractivity contribution in [3.63, 3.8) is 0 Å². The van der Waals surface area contributed by atoms with E-state index >= 15 is 0 Å². The van der Waals surface area contributed by atoms with Crippen LogP contribution in [0.2, 0.25) is 4.94 Å². The summed E-state index contributed by atoms with van der Waals surface area (Å²) >= 11 is 7.18. The Balaban J connectivity index is 4.77. The molecule has 0 fully saturated rings. The summed E-state index contributed by atoms with van der Waals surface area (Å²) in [5, 5.41) is 0. The van der Waals surface area contributed by atoms with Gasteiger partial charge in [-0.1, -0.05) is 0 Å².